The van der Waals surface area contributed by atoms with E-state index in [9.17, 15) is 4.79 Å². The number of halogens is 1. The van der Waals surface area contributed by atoms with Gasteiger partial charge in [-0.1, -0.05) is 43.8 Å². The zero-order chi connectivity index (χ0) is 19.7. The molecule has 0 atom stereocenters. The van der Waals surface area contributed by atoms with Crippen LogP contribution in [0.2, 0.25) is 0 Å². The van der Waals surface area contributed by atoms with Crippen LogP contribution >= 0.6 is 24.2 Å². The summed E-state index contributed by atoms with van der Waals surface area (Å²) in [7, 11) is 0. The Bertz CT molecular complexity index is 1040. The van der Waals surface area contributed by atoms with Gasteiger partial charge in [0.2, 0.25) is 5.91 Å². The van der Waals surface area contributed by atoms with Gasteiger partial charge < -0.3 is 21.4 Å². The topological polar surface area (TPSA) is 108 Å². The maximum Gasteiger partial charge on any atom is 0.238 e. The Labute approximate surface area is 186 Å². The molecule has 0 unspecified atom stereocenters. The summed E-state index contributed by atoms with van der Waals surface area (Å²) in [4.78, 5) is 16.5. The Kier molecular flexibility index (Phi) is 8.28. The second-order valence-corrected chi connectivity index (χ2v) is 7.84. The van der Waals surface area contributed by atoms with E-state index in [4.69, 9.17) is 10.8 Å². The van der Waals surface area contributed by atoms with Gasteiger partial charge in [-0.15, -0.1) is 12.4 Å². The fraction of sp³-hybridized carbons (Fsp3) is 0.333. The number of carbonyl (C=O) groups is 1. The smallest absolute Gasteiger partial charge is 0.238 e. The highest BCUT2D eigenvalue weighted by molar-refractivity contribution is 8.00. The molecular formula is C21H28ClN5O2S. The number of nitrogens with one attached hydrogen (secondary N) is 1. The van der Waals surface area contributed by atoms with Crippen LogP contribution in [0, 0.1) is 0 Å². The molecule has 5 N–H and O–H groups in total. The third kappa shape index (κ3) is 4.33. The van der Waals surface area contributed by atoms with Gasteiger partial charge in [0.15, 0.2) is 0 Å². The highest BCUT2D eigenvalue weighted by atomic mass is 35.5. The predicted molar refractivity (Wildman–Crippen MR) is 126 cm³/mol. The molecule has 4 rings (SSSR count). The lowest BCUT2D eigenvalue weighted by molar-refractivity contribution is -0.114. The van der Waals surface area contributed by atoms with Crippen LogP contribution in [-0.4, -0.2) is 52.2 Å². The maximum atomic E-state index is 11.9. The number of nitrogens with zero attached hydrogens (tertiary/aromatic N) is 3. The molecule has 0 spiro atoms. The first-order valence-corrected chi connectivity index (χ1v) is 10.5. The highest BCUT2D eigenvalue weighted by Gasteiger charge is 2.26. The number of aromatic nitrogens is 2. The van der Waals surface area contributed by atoms with Crippen LogP contribution in [0.1, 0.15) is 13.8 Å². The summed E-state index contributed by atoms with van der Waals surface area (Å²) in [5.41, 5.74) is 9.54. The van der Waals surface area contributed by atoms with Gasteiger partial charge in [-0.05, 0) is 31.3 Å². The molecule has 1 aromatic heterocycles. The molecule has 30 heavy (non-hydrogen) atoms. The molecule has 1 aliphatic rings. The summed E-state index contributed by atoms with van der Waals surface area (Å²) < 4.78 is 2.10. The zero-order valence-corrected chi connectivity index (χ0v) is 18.8. The molecule has 0 saturated heterocycles. The third-order valence-electron chi connectivity index (χ3n) is 5.21. The van der Waals surface area contributed by atoms with Crippen molar-refractivity contribution in [1.29, 1.82) is 0 Å². The number of benzene rings is 2. The number of hydrogen-bond acceptors (Lipinski definition) is 5. The molecule has 2 heterocycles. The van der Waals surface area contributed by atoms with Crippen molar-refractivity contribution in [2.75, 3.05) is 31.5 Å². The Morgan fingerprint density at radius 2 is 1.93 bits per heavy atom. The van der Waals surface area contributed by atoms with Crippen molar-refractivity contribution in [3.63, 3.8) is 0 Å². The summed E-state index contributed by atoms with van der Waals surface area (Å²) in [5.74, 6) is -0.189. The Morgan fingerprint density at radius 3 is 2.63 bits per heavy atom. The fourth-order valence-electron chi connectivity index (χ4n) is 3.64. The molecule has 0 aliphatic carbocycles. The number of fused-ring (bicyclic) bond motifs is 2. The molecule has 0 radical (unpaired) electrons. The minimum Gasteiger partial charge on any atom is -0.412 e. The minimum absolute atomic E-state index is 0. The monoisotopic (exact) mass is 449 g/mol. The first-order chi connectivity index (χ1) is 13.7. The molecule has 1 aliphatic heterocycles. The van der Waals surface area contributed by atoms with Crippen LogP contribution in [0.4, 0.5) is 5.69 Å². The van der Waals surface area contributed by atoms with Crippen molar-refractivity contribution in [3.05, 3.63) is 36.4 Å². The van der Waals surface area contributed by atoms with Gasteiger partial charge in [0.1, 0.15) is 5.69 Å². The van der Waals surface area contributed by atoms with Gasteiger partial charge in [-0.3, -0.25) is 9.48 Å². The molecule has 0 fully saturated rings. The van der Waals surface area contributed by atoms with E-state index in [1.54, 1.807) is 11.8 Å². The maximum absolute atomic E-state index is 11.9. The number of hydrogen-bond donors (Lipinski definition) is 2. The number of likely N-dealkylation sites (N-methyl/N-ethyl adjacent to an activating group) is 1. The van der Waals surface area contributed by atoms with Crippen LogP contribution in [-0.2, 0) is 11.3 Å². The largest absolute Gasteiger partial charge is 0.412 e. The normalized spacial score (nSPS) is 11.6. The van der Waals surface area contributed by atoms with E-state index >= 15 is 0 Å². The van der Waals surface area contributed by atoms with E-state index in [1.165, 1.54) is 0 Å². The van der Waals surface area contributed by atoms with Crippen molar-refractivity contribution < 1.29 is 10.3 Å². The average Bonchev–Trinajstić information content (AvgIpc) is 3.10. The lowest BCUT2D eigenvalue weighted by Crippen LogP contribution is -2.27. The van der Waals surface area contributed by atoms with Gasteiger partial charge >= 0.3 is 0 Å². The van der Waals surface area contributed by atoms with Crippen molar-refractivity contribution in [2.24, 2.45) is 5.73 Å². The quantitative estimate of drug-likeness (QED) is 0.451. The van der Waals surface area contributed by atoms with E-state index in [0.29, 0.717) is 0 Å². The number of amides is 1. The van der Waals surface area contributed by atoms with Crippen molar-refractivity contribution in [1.82, 2.24) is 14.7 Å². The summed E-state index contributed by atoms with van der Waals surface area (Å²) in [5, 5.41) is 9.03. The SMILES string of the molecule is CCN(CC)CCn1nc2c3c(c(NC(=O)CN)ccc31)Sc1ccccc1-2.Cl.O. The van der Waals surface area contributed by atoms with Gasteiger partial charge in [-0.25, -0.2) is 0 Å². The number of rotatable bonds is 7. The van der Waals surface area contributed by atoms with Crippen LogP contribution in [0.5, 0.6) is 0 Å². The molecule has 0 saturated carbocycles. The van der Waals surface area contributed by atoms with E-state index in [0.717, 1.165) is 63.8 Å². The van der Waals surface area contributed by atoms with Gasteiger partial charge in [-0.2, -0.15) is 5.10 Å². The Hall–Kier alpha value is -2.10. The zero-order valence-electron chi connectivity index (χ0n) is 17.1. The first kappa shape index (κ1) is 24.2. The van der Waals surface area contributed by atoms with Crippen molar-refractivity contribution in [2.45, 2.75) is 30.2 Å². The van der Waals surface area contributed by atoms with E-state index < -0.39 is 0 Å². The van der Waals surface area contributed by atoms with Crippen molar-refractivity contribution in [3.8, 4) is 11.3 Å². The molecular weight excluding hydrogens is 422 g/mol. The first-order valence-electron chi connectivity index (χ1n) is 9.69. The van der Waals surface area contributed by atoms with Gasteiger partial charge in [0.25, 0.3) is 0 Å². The number of carbonyl (C=O) groups excluding carboxylic acids is 1. The Morgan fingerprint density at radius 1 is 1.20 bits per heavy atom. The van der Waals surface area contributed by atoms with E-state index in [-0.39, 0.29) is 30.3 Å². The van der Waals surface area contributed by atoms with Crippen LogP contribution < -0.4 is 11.1 Å². The minimum atomic E-state index is -0.189. The molecule has 162 valence electrons. The van der Waals surface area contributed by atoms with E-state index in [1.807, 2.05) is 18.2 Å². The molecule has 3 aromatic rings. The van der Waals surface area contributed by atoms with Crippen LogP contribution in [0.25, 0.3) is 22.2 Å². The van der Waals surface area contributed by atoms with Gasteiger partial charge in [0.05, 0.1) is 24.3 Å². The van der Waals surface area contributed by atoms with Crippen LogP contribution in [0.15, 0.2) is 46.2 Å². The number of nitrogens with two attached hydrogens (primary N) is 1. The Balaban J connectivity index is 0.00000160. The van der Waals surface area contributed by atoms with Crippen LogP contribution in [0.3, 0.4) is 0 Å². The lowest BCUT2D eigenvalue weighted by atomic mass is 10.1. The van der Waals surface area contributed by atoms with E-state index in [2.05, 4.69) is 46.9 Å². The second kappa shape index (κ2) is 10.3. The molecule has 1 amide bonds. The van der Waals surface area contributed by atoms with Gasteiger partial charge in [0, 0.05) is 27.3 Å². The average molecular weight is 450 g/mol. The fourth-order valence-corrected chi connectivity index (χ4v) is 4.82. The van der Waals surface area contributed by atoms with Crippen molar-refractivity contribution >= 4 is 46.7 Å². The summed E-state index contributed by atoms with van der Waals surface area (Å²) in [6, 6.07) is 12.3. The third-order valence-corrected chi connectivity index (χ3v) is 6.41. The summed E-state index contributed by atoms with van der Waals surface area (Å²) in [6.07, 6.45) is 0. The molecule has 7 nitrogen and oxygen atoms in total. The molecule has 9 heteroatoms. The predicted octanol–water partition coefficient (Wildman–Crippen LogP) is 3.00. The standard InChI is InChI=1S/C21H25N5OS.ClH.H2O/c1-3-25(4-2)11-12-26-16-10-9-15(23-18(27)13-22)21-19(16)20(24-26)14-7-5-6-8-17(14)28-21;;/h5-10H,3-4,11-13,22H2,1-2H3,(H,23,27);1H;1H2. The molecule has 0 bridgehead atoms. The summed E-state index contributed by atoms with van der Waals surface area (Å²) >= 11 is 1.68. The second-order valence-electron chi connectivity index (χ2n) is 6.79. The summed E-state index contributed by atoms with van der Waals surface area (Å²) in [6.45, 7) is 8.18. The molecule has 2 aromatic carbocycles. The lowest BCUT2D eigenvalue weighted by Gasteiger charge is -2.18. The number of anilines is 1. The highest BCUT2D eigenvalue weighted by Crippen LogP contribution is 2.50.